The molecule has 5 heteroatoms. The van der Waals surface area contributed by atoms with E-state index in [2.05, 4.69) is 112 Å². The smallest absolute Gasteiger partial charge is 0.235 e. The van der Waals surface area contributed by atoms with Gasteiger partial charge < -0.3 is 4.40 Å². The monoisotopic (exact) mass is 585 g/mol. The summed E-state index contributed by atoms with van der Waals surface area (Å²) in [6.07, 6.45) is 1.82. The Kier molecular flexibility index (Phi) is 4.52. The van der Waals surface area contributed by atoms with Gasteiger partial charge >= 0.3 is 0 Å². The molecule has 0 N–H and O–H groups in total. The summed E-state index contributed by atoms with van der Waals surface area (Å²) < 4.78 is 4.75. The van der Waals surface area contributed by atoms with Crippen molar-refractivity contribution in [1.29, 1.82) is 0 Å². The van der Waals surface area contributed by atoms with Gasteiger partial charge in [-0.15, -0.1) is 0 Å². The van der Waals surface area contributed by atoms with E-state index in [0.29, 0.717) is 5.95 Å². The molecule has 5 heterocycles. The van der Waals surface area contributed by atoms with Crippen LogP contribution in [0, 0.1) is 0 Å². The van der Waals surface area contributed by atoms with Crippen LogP contribution in [0.25, 0.3) is 98.9 Å². The molecule has 5 aromatic heterocycles. The molecule has 0 aliphatic rings. The second-order valence-electron chi connectivity index (χ2n) is 12.0. The van der Waals surface area contributed by atoms with E-state index in [9.17, 15) is 0 Å². The first-order valence-corrected chi connectivity index (χ1v) is 15.6. The lowest BCUT2D eigenvalue weighted by molar-refractivity contribution is 1.01. The Morgan fingerprint density at radius 1 is 0.478 bits per heavy atom. The topological polar surface area (TPSA) is 48.0 Å². The largest absolute Gasteiger partial charge is 0.308 e. The van der Waals surface area contributed by atoms with Crippen LogP contribution in [-0.2, 0) is 0 Å². The molecule has 11 aromatic rings. The average molecular weight is 586 g/mol. The zero-order chi connectivity index (χ0) is 29.9. The van der Waals surface area contributed by atoms with Gasteiger partial charge in [-0.25, -0.2) is 9.97 Å². The molecule has 0 aliphatic carbocycles. The minimum absolute atomic E-state index is 0.636. The molecule has 0 spiro atoms. The van der Waals surface area contributed by atoms with Crippen LogP contribution in [0.4, 0.5) is 0 Å². The van der Waals surface area contributed by atoms with E-state index in [1.165, 1.54) is 59.6 Å². The van der Waals surface area contributed by atoms with Crippen LogP contribution in [0.2, 0.25) is 0 Å². The van der Waals surface area contributed by atoms with Crippen LogP contribution >= 0.6 is 0 Å². The number of nitrogens with zero attached hydrogens (tertiary/aromatic N) is 5. The molecule has 0 unspecified atom stereocenters. The molecule has 0 atom stereocenters. The van der Waals surface area contributed by atoms with Crippen molar-refractivity contribution in [3.05, 3.63) is 140 Å². The fourth-order valence-electron chi connectivity index (χ4n) is 7.83. The van der Waals surface area contributed by atoms with Crippen LogP contribution in [-0.4, -0.2) is 23.9 Å². The summed E-state index contributed by atoms with van der Waals surface area (Å²) in [5.74, 6) is 0.636. The van der Waals surface area contributed by atoms with Crippen molar-refractivity contribution in [2.45, 2.75) is 0 Å². The summed E-state index contributed by atoms with van der Waals surface area (Å²) in [5, 5.41) is 9.75. The molecule has 5 nitrogen and oxygen atoms in total. The number of pyridine rings is 1. The van der Waals surface area contributed by atoms with Gasteiger partial charge in [0, 0.05) is 49.5 Å². The molecule has 6 aromatic carbocycles. The molecular formula is C41H23N5. The normalized spacial score (nSPS) is 12.3. The molecule has 0 aliphatic heterocycles. The van der Waals surface area contributed by atoms with Crippen molar-refractivity contribution in [2.24, 2.45) is 0 Å². The lowest BCUT2D eigenvalue weighted by Crippen LogP contribution is -2.04. The highest BCUT2D eigenvalue weighted by atomic mass is 15.2. The third-order valence-electron chi connectivity index (χ3n) is 9.68. The number of fused-ring (bicyclic) bond motifs is 13. The quantitative estimate of drug-likeness (QED) is 0.203. The van der Waals surface area contributed by atoms with E-state index in [1.54, 1.807) is 0 Å². The van der Waals surface area contributed by atoms with Gasteiger partial charge in [-0.3, -0.25) is 9.55 Å². The van der Waals surface area contributed by atoms with Crippen LogP contribution in [0.1, 0.15) is 0 Å². The van der Waals surface area contributed by atoms with Crippen molar-refractivity contribution in [2.75, 3.05) is 0 Å². The minimum atomic E-state index is 0.636. The molecular weight excluding hydrogens is 562 g/mol. The lowest BCUT2D eigenvalue weighted by atomic mass is 10.0. The Balaban J connectivity index is 1.43. The number of aromatic nitrogens is 5. The second kappa shape index (κ2) is 8.65. The molecule has 0 fully saturated rings. The maximum absolute atomic E-state index is 5.35. The highest BCUT2D eigenvalue weighted by Crippen LogP contribution is 2.47. The Bertz CT molecular complexity index is 3020. The first-order valence-electron chi connectivity index (χ1n) is 15.6. The van der Waals surface area contributed by atoms with Gasteiger partial charge in [0.2, 0.25) is 5.95 Å². The molecule has 46 heavy (non-hydrogen) atoms. The second-order valence-corrected chi connectivity index (χ2v) is 12.0. The molecule has 0 saturated carbocycles. The fourth-order valence-corrected chi connectivity index (χ4v) is 7.83. The summed E-state index contributed by atoms with van der Waals surface area (Å²) in [6, 6.07) is 47.4. The minimum Gasteiger partial charge on any atom is -0.308 e. The van der Waals surface area contributed by atoms with Crippen LogP contribution < -0.4 is 0 Å². The zero-order valence-electron chi connectivity index (χ0n) is 24.5. The van der Waals surface area contributed by atoms with Crippen LogP contribution in [0.5, 0.6) is 0 Å². The molecule has 0 saturated heterocycles. The van der Waals surface area contributed by atoms with E-state index < -0.39 is 0 Å². The van der Waals surface area contributed by atoms with Crippen molar-refractivity contribution in [1.82, 2.24) is 23.9 Å². The summed E-state index contributed by atoms with van der Waals surface area (Å²) in [4.78, 5) is 15.3. The van der Waals surface area contributed by atoms with Gasteiger partial charge in [-0.05, 0) is 35.7 Å². The fraction of sp³-hybridized carbons (Fsp3) is 0. The highest BCUT2D eigenvalue weighted by molar-refractivity contribution is 6.37. The van der Waals surface area contributed by atoms with E-state index in [4.69, 9.17) is 15.0 Å². The highest BCUT2D eigenvalue weighted by Gasteiger charge is 2.26. The van der Waals surface area contributed by atoms with Gasteiger partial charge in [0.1, 0.15) is 11.2 Å². The van der Waals surface area contributed by atoms with E-state index in [0.717, 1.165) is 33.3 Å². The van der Waals surface area contributed by atoms with Crippen molar-refractivity contribution in [3.63, 3.8) is 0 Å². The Morgan fingerprint density at radius 3 is 2.09 bits per heavy atom. The Morgan fingerprint density at radius 2 is 1.22 bits per heavy atom. The molecule has 0 radical (unpaired) electrons. The standard InChI is InChI=1S/C41H23N5/c1-2-12-25(13-3-1)37-38-31(17-10-22-42-38)43-41(44-37)46-34-23-30-27-15-6-8-18-32(27)45-33-19-9-7-16-28(33)36(40(30)45)35(34)29-21-20-24-11-4-5-14-26(24)39(29)46/h1-23H. The van der Waals surface area contributed by atoms with Crippen molar-refractivity contribution < 1.29 is 0 Å². The first-order chi connectivity index (χ1) is 22.8. The Hall–Kier alpha value is -6.33. The van der Waals surface area contributed by atoms with Crippen molar-refractivity contribution in [3.8, 4) is 17.2 Å². The average Bonchev–Trinajstić information content (AvgIpc) is 3.76. The number of hydrogen-bond donors (Lipinski definition) is 0. The van der Waals surface area contributed by atoms with Crippen LogP contribution in [0.15, 0.2) is 140 Å². The molecule has 0 bridgehead atoms. The first kappa shape index (κ1) is 24.0. The van der Waals surface area contributed by atoms with E-state index >= 15 is 0 Å². The van der Waals surface area contributed by atoms with Gasteiger partial charge in [0.05, 0.1) is 33.1 Å². The molecule has 11 rings (SSSR count). The molecule has 212 valence electrons. The van der Waals surface area contributed by atoms with Gasteiger partial charge in [0.25, 0.3) is 0 Å². The number of para-hydroxylation sites is 2. The van der Waals surface area contributed by atoms with E-state index in [1.807, 2.05) is 36.5 Å². The van der Waals surface area contributed by atoms with Gasteiger partial charge in [0.15, 0.2) is 0 Å². The number of rotatable bonds is 2. The van der Waals surface area contributed by atoms with Gasteiger partial charge in [-0.1, -0.05) is 103 Å². The third-order valence-corrected chi connectivity index (χ3v) is 9.68. The lowest BCUT2D eigenvalue weighted by Gasteiger charge is -2.12. The van der Waals surface area contributed by atoms with Crippen LogP contribution in [0.3, 0.4) is 0 Å². The maximum Gasteiger partial charge on any atom is 0.235 e. The number of benzene rings is 6. The van der Waals surface area contributed by atoms with Crippen molar-refractivity contribution >= 4 is 81.7 Å². The summed E-state index contributed by atoms with van der Waals surface area (Å²) in [5.41, 5.74) is 9.35. The zero-order valence-corrected chi connectivity index (χ0v) is 24.5. The number of hydrogen-bond acceptors (Lipinski definition) is 3. The third kappa shape index (κ3) is 2.97. The summed E-state index contributed by atoms with van der Waals surface area (Å²) >= 11 is 0. The van der Waals surface area contributed by atoms with E-state index in [-0.39, 0.29) is 0 Å². The van der Waals surface area contributed by atoms with Gasteiger partial charge in [-0.2, -0.15) is 0 Å². The molecule has 0 amide bonds. The predicted molar refractivity (Wildman–Crippen MR) is 189 cm³/mol. The summed E-state index contributed by atoms with van der Waals surface area (Å²) in [6.45, 7) is 0. The maximum atomic E-state index is 5.35. The Labute approximate surface area is 261 Å². The SMILES string of the molecule is c1ccc(-c2nc(-n3c4cc5c6ccccc6n6c7ccccc7c(c4c4ccc7ccccc7c43)c56)nc3cccnc23)cc1. The summed E-state index contributed by atoms with van der Waals surface area (Å²) in [7, 11) is 0. The predicted octanol–water partition coefficient (Wildman–Crippen LogP) is 10.1.